The number of hydrogen-bond acceptors (Lipinski definition) is 3. The molecule has 0 spiro atoms. The van der Waals surface area contributed by atoms with Crippen LogP contribution in [-0.2, 0) is 0 Å². The maximum atomic E-state index is 12.8. The summed E-state index contributed by atoms with van der Waals surface area (Å²) in [6.07, 6.45) is 0.736. The summed E-state index contributed by atoms with van der Waals surface area (Å²) in [4.78, 5) is 29.2. The van der Waals surface area contributed by atoms with E-state index in [1.54, 1.807) is 29.2 Å². The lowest BCUT2D eigenvalue weighted by molar-refractivity contribution is 0.0718. The maximum Gasteiger partial charge on any atom is 0.253 e. The fourth-order valence-electron chi connectivity index (χ4n) is 3.29. The molecule has 5 heteroatoms. The Labute approximate surface area is 159 Å². The molecule has 5 nitrogen and oxygen atoms in total. The number of nitrogens with zero attached hydrogens (tertiary/aromatic N) is 3. The summed E-state index contributed by atoms with van der Waals surface area (Å²) in [6.45, 7) is 6.27. The van der Waals surface area contributed by atoms with Crippen LogP contribution in [0.25, 0.3) is 0 Å². The van der Waals surface area contributed by atoms with Crippen molar-refractivity contribution >= 4 is 11.8 Å². The average molecular weight is 361 g/mol. The molecule has 2 aromatic carbocycles. The van der Waals surface area contributed by atoms with E-state index in [0.29, 0.717) is 42.9 Å². The molecule has 1 fully saturated rings. The van der Waals surface area contributed by atoms with E-state index in [1.807, 2.05) is 36.9 Å². The number of benzene rings is 2. The third-order valence-corrected chi connectivity index (χ3v) is 5.06. The molecule has 3 rings (SSSR count). The summed E-state index contributed by atoms with van der Waals surface area (Å²) in [5.74, 6) is -0.0774. The number of aryl methyl sites for hydroxylation is 2. The van der Waals surface area contributed by atoms with Gasteiger partial charge in [0, 0.05) is 37.3 Å². The minimum Gasteiger partial charge on any atom is -0.337 e. The molecule has 27 heavy (non-hydrogen) atoms. The van der Waals surface area contributed by atoms with Crippen molar-refractivity contribution in [3.05, 3.63) is 70.3 Å². The Bertz CT molecular complexity index is 914. The Hall–Kier alpha value is -3.13. The van der Waals surface area contributed by atoms with E-state index in [0.717, 1.165) is 12.0 Å². The van der Waals surface area contributed by atoms with Gasteiger partial charge < -0.3 is 9.80 Å². The first-order valence-corrected chi connectivity index (χ1v) is 9.15. The molecule has 138 valence electrons. The van der Waals surface area contributed by atoms with Gasteiger partial charge in [-0.15, -0.1) is 0 Å². The molecule has 0 N–H and O–H groups in total. The lowest BCUT2D eigenvalue weighted by atomic mass is 10.1. The van der Waals surface area contributed by atoms with E-state index in [4.69, 9.17) is 5.26 Å². The lowest BCUT2D eigenvalue weighted by Gasteiger charge is -2.22. The molecule has 1 heterocycles. The third kappa shape index (κ3) is 4.17. The van der Waals surface area contributed by atoms with Gasteiger partial charge in [-0.2, -0.15) is 5.26 Å². The second-order valence-electron chi connectivity index (χ2n) is 6.93. The van der Waals surface area contributed by atoms with Crippen LogP contribution in [0.15, 0.2) is 42.5 Å². The molecule has 0 atom stereocenters. The normalized spacial score (nSPS) is 14.4. The SMILES string of the molecule is Cc1ccc(C(=O)N2CCCN(C(=O)c3cccc(C#N)c3)CC2)cc1C. The summed E-state index contributed by atoms with van der Waals surface area (Å²) in [7, 11) is 0. The van der Waals surface area contributed by atoms with Crippen molar-refractivity contribution in [2.75, 3.05) is 26.2 Å². The van der Waals surface area contributed by atoms with Crippen molar-refractivity contribution in [2.24, 2.45) is 0 Å². The zero-order chi connectivity index (χ0) is 19.4. The second kappa shape index (κ2) is 8.05. The van der Waals surface area contributed by atoms with E-state index < -0.39 is 0 Å². The molecule has 0 radical (unpaired) electrons. The number of nitriles is 1. The van der Waals surface area contributed by atoms with Gasteiger partial charge in [-0.1, -0.05) is 12.1 Å². The molecular weight excluding hydrogens is 338 g/mol. The predicted molar refractivity (Wildman–Crippen MR) is 103 cm³/mol. The van der Waals surface area contributed by atoms with Gasteiger partial charge in [-0.3, -0.25) is 9.59 Å². The minimum atomic E-state index is -0.0902. The summed E-state index contributed by atoms with van der Waals surface area (Å²) in [6, 6.07) is 14.6. The van der Waals surface area contributed by atoms with Crippen LogP contribution in [0.1, 0.15) is 43.8 Å². The summed E-state index contributed by atoms with van der Waals surface area (Å²) < 4.78 is 0. The van der Waals surface area contributed by atoms with E-state index in [1.165, 1.54) is 5.56 Å². The monoisotopic (exact) mass is 361 g/mol. The predicted octanol–water partition coefficient (Wildman–Crippen LogP) is 3.16. The Morgan fingerprint density at radius 3 is 2.07 bits per heavy atom. The summed E-state index contributed by atoms with van der Waals surface area (Å²) >= 11 is 0. The van der Waals surface area contributed by atoms with Crippen molar-refractivity contribution in [2.45, 2.75) is 20.3 Å². The summed E-state index contributed by atoms with van der Waals surface area (Å²) in [5, 5.41) is 9.02. The summed E-state index contributed by atoms with van der Waals surface area (Å²) in [5.41, 5.74) is 3.95. The van der Waals surface area contributed by atoms with Crippen molar-refractivity contribution in [3.63, 3.8) is 0 Å². The highest BCUT2D eigenvalue weighted by Gasteiger charge is 2.23. The van der Waals surface area contributed by atoms with Gasteiger partial charge in [0.2, 0.25) is 0 Å². The van der Waals surface area contributed by atoms with Gasteiger partial charge in [-0.05, 0) is 61.7 Å². The van der Waals surface area contributed by atoms with Crippen LogP contribution in [0.3, 0.4) is 0 Å². The van der Waals surface area contributed by atoms with E-state index in [9.17, 15) is 9.59 Å². The quantitative estimate of drug-likeness (QED) is 0.825. The molecule has 0 bridgehead atoms. The van der Waals surface area contributed by atoms with Crippen molar-refractivity contribution in [1.82, 2.24) is 9.80 Å². The first-order valence-electron chi connectivity index (χ1n) is 9.15. The molecule has 0 unspecified atom stereocenters. The highest BCUT2D eigenvalue weighted by molar-refractivity contribution is 5.95. The number of amides is 2. The first-order chi connectivity index (χ1) is 13.0. The Balaban J connectivity index is 1.69. The molecular formula is C22H23N3O2. The van der Waals surface area contributed by atoms with Crippen LogP contribution < -0.4 is 0 Å². The van der Waals surface area contributed by atoms with Crippen LogP contribution in [0.5, 0.6) is 0 Å². The highest BCUT2D eigenvalue weighted by Crippen LogP contribution is 2.15. The Kier molecular flexibility index (Phi) is 5.56. The fourth-order valence-corrected chi connectivity index (χ4v) is 3.29. The first kappa shape index (κ1) is 18.7. The molecule has 2 aromatic rings. The van der Waals surface area contributed by atoms with Crippen molar-refractivity contribution < 1.29 is 9.59 Å². The van der Waals surface area contributed by atoms with Crippen LogP contribution in [0.2, 0.25) is 0 Å². The van der Waals surface area contributed by atoms with Crippen LogP contribution in [0, 0.1) is 25.2 Å². The van der Waals surface area contributed by atoms with E-state index >= 15 is 0 Å². The minimum absolute atomic E-state index is 0.0128. The lowest BCUT2D eigenvalue weighted by Crippen LogP contribution is -2.37. The smallest absolute Gasteiger partial charge is 0.253 e. The Morgan fingerprint density at radius 2 is 1.48 bits per heavy atom. The van der Waals surface area contributed by atoms with Crippen LogP contribution in [0.4, 0.5) is 0 Å². The Morgan fingerprint density at radius 1 is 0.852 bits per heavy atom. The molecule has 0 saturated carbocycles. The molecule has 0 aromatic heterocycles. The van der Waals surface area contributed by atoms with E-state index in [2.05, 4.69) is 6.07 Å². The van der Waals surface area contributed by atoms with Gasteiger partial charge in [0.15, 0.2) is 0 Å². The number of hydrogen-bond donors (Lipinski definition) is 0. The number of carbonyl (C=O) groups excluding carboxylic acids is 2. The fraction of sp³-hybridized carbons (Fsp3) is 0.318. The number of carbonyl (C=O) groups is 2. The average Bonchev–Trinajstić information content (AvgIpc) is 2.95. The highest BCUT2D eigenvalue weighted by atomic mass is 16.2. The third-order valence-electron chi connectivity index (χ3n) is 5.06. The van der Waals surface area contributed by atoms with Crippen LogP contribution >= 0.6 is 0 Å². The molecule has 0 aliphatic carbocycles. The van der Waals surface area contributed by atoms with Gasteiger partial charge in [0.1, 0.15) is 0 Å². The molecule has 2 amide bonds. The number of rotatable bonds is 2. The van der Waals surface area contributed by atoms with E-state index in [-0.39, 0.29) is 11.8 Å². The van der Waals surface area contributed by atoms with Gasteiger partial charge in [0.25, 0.3) is 11.8 Å². The maximum absolute atomic E-state index is 12.8. The zero-order valence-electron chi connectivity index (χ0n) is 15.7. The standard InChI is InChI=1S/C22H23N3O2/c1-16-7-8-20(13-17(16)2)22(27)25-10-4-9-24(11-12-25)21(26)19-6-3-5-18(14-19)15-23/h3,5-8,13-14H,4,9-12H2,1-2H3. The molecule has 1 aliphatic heterocycles. The molecule has 1 aliphatic rings. The van der Waals surface area contributed by atoms with Gasteiger partial charge in [0.05, 0.1) is 11.6 Å². The van der Waals surface area contributed by atoms with Crippen molar-refractivity contribution in [1.29, 1.82) is 5.26 Å². The molecule has 1 saturated heterocycles. The topological polar surface area (TPSA) is 64.4 Å². The largest absolute Gasteiger partial charge is 0.337 e. The second-order valence-corrected chi connectivity index (χ2v) is 6.93. The van der Waals surface area contributed by atoms with Crippen LogP contribution in [-0.4, -0.2) is 47.8 Å². The zero-order valence-corrected chi connectivity index (χ0v) is 15.7. The van der Waals surface area contributed by atoms with Gasteiger partial charge in [-0.25, -0.2) is 0 Å². The van der Waals surface area contributed by atoms with Crippen molar-refractivity contribution in [3.8, 4) is 6.07 Å². The van der Waals surface area contributed by atoms with Gasteiger partial charge >= 0.3 is 0 Å².